The highest BCUT2D eigenvalue weighted by Gasteiger charge is 2.56. The van der Waals surface area contributed by atoms with E-state index < -0.39 is 5.41 Å². The van der Waals surface area contributed by atoms with Crippen LogP contribution in [0.5, 0.6) is 5.75 Å². The molecule has 0 aliphatic heterocycles. The molecule has 3 rings (SSSR count). The number of amides is 2. The smallest absolute Gasteiger partial charge is 0.240 e. The lowest BCUT2D eigenvalue weighted by Crippen LogP contribution is -2.41. The first-order chi connectivity index (χ1) is 13.9. The topological polar surface area (TPSA) is 67.4 Å². The molecule has 1 aliphatic carbocycles. The van der Waals surface area contributed by atoms with Gasteiger partial charge in [-0.25, -0.2) is 0 Å². The third kappa shape index (κ3) is 4.61. The summed E-state index contributed by atoms with van der Waals surface area (Å²) in [5.41, 5.74) is 3.08. The highest BCUT2D eigenvalue weighted by Crippen LogP contribution is 2.47. The molecular weight excluding hydrogens is 364 g/mol. The third-order valence-electron chi connectivity index (χ3n) is 5.62. The zero-order valence-electron chi connectivity index (χ0n) is 17.7. The van der Waals surface area contributed by atoms with Gasteiger partial charge in [0.1, 0.15) is 11.2 Å². The molecule has 2 N–H and O–H groups in total. The quantitative estimate of drug-likeness (QED) is 0.659. The van der Waals surface area contributed by atoms with Gasteiger partial charge in [0.05, 0.1) is 7.11 Å². The Bertz CT molecular complexity index is 901. The van der Waals surface area contributed by atoms with Crippen LogP contribution in [-0.4, -0.2) is 25.5 Å². The molecular formula is C24H30N2O3. The van der Waals surface area contributed by atoms with Crippen LogP contribution >= 0.6 is 0 Å². The van der Waals surface area contributed by atoms with Crippen molar-refractivity contribution in [1.82, 2.24) is 5.32 Å². The number of hydrogen-bond acceptors (Lipinski definition) is 3. The van der Waals surface area contributed by atoms with E-state index in [1.54, 1.807) is 7.11 Å². The Balaban J connectivity index is 1.62. The van der Waals surface area contributed by atoms with Crippen LogP contribution in [0.4, 0.5) is 5.69 Å². The minimum atomic E-state index is -0.940. The first-order valence-corrected chi connectivity index (χ1v) is 10.2. The molecule has 0 spiro atoms. The predicted molar refractivity (Wildman–Crippen MR) is 115 cm³/mol. The number of carbonyl (C=O) groups excluding carboxylic acids is 2. The van der Waals surface area contributed by atoms with E-state index in [4.69, 9.17) is 4.74 Å². The Hall–Kier alpha value is -2.82. The van der Waals surface area contributed by atoms with E-state index in [1.807, 2.05) is 49.4 Å². The van der Waals surface area contributed by atoms with Crippen LogP contribution in [0.2, 0.25) is 0 Å². The van der Waals surface area contributed by atoms with Gasteiger partial charge >= 0.3 is 0 Å². The molecule has 0 unspecified atom stereocenters. The van der Waals surface area contributed by atoms with Crippen molar-refractivity contribution in [2.45, 2.75) is 46.0 Å². The number of hydrogen-bond donors (Lipinski definition) is 2. The van der Waals surface area contributed by atoms with Gasteiger partial charge in [0.15, 0.2) is 0 Å². The normalized spacial score (nSPS) is 14.4. The van der Waals surface area contributed by atoms with Gasteiger partial charge in [-0.3, -0.25) is 9.59 Å². The maximum atomic E-state index is 13.0. The maximum absolute atomic E-state index is 13.0. The van der Waals surface area contributed by atoms with Gasteiger partial charge in [-0.15, -0.1) is 0 Å². The number of carbonyl (C=O) groups is 2. The zero-order valence-corrected chi connectivity index (χ0v) is 17.7. The van der Waals surface area contributed by atoms with Crippen molar-refractivity contribution in [2.75, 3.05) is 19.0 Å². The Kier molecular flexibility index (Phi) is 6.26. The fraction of sp³-hybridized carbons (Fsp3) is 0.417. The van der Waals surface area contributed by atoms with Gasteiger partial charge in [-0.05, 0) is 60.9 Å². The molecule has 2 aromatic carbocycles. The molecule has 2 amide bonds. The molecule has 1 aliphatic rings. The van der Waals surface area contributed by atoms with E-state index in [2.05, 4.69) is 24.5 Å². The number of methoxy groups -OCH3 is 1. The second kappa shape index (κ2) is 8.68. The Labute approximate surface area is 172 Å². The van der Waals surface area contributed by atoms with Crippen molar-refractivity contribution in [2.24, 2.45) is 5.41 Å². The maximum Gasteiger partial charge on any atom is 0.240 e. The molecule has 0 heterocycles. The van der Waals surface area contributed by atoms with Gasteiger partial charge in [0.25, 0.3) is 0 Å². The number of para-hydroxylation sites is 1. The Morgan fingerprint density at radius 1 is 1.10 bits per heavy atom. The Morgan fingerprint density at radius 3 is 2.48 bits per heavy atom. The molecule has 1 fully saturated rings. The van der Waals surface area contributed by atoms with E-state index >= 15 is 0 Å². The van der Waals surface area contributed by atoms with E-state index in [9.17, 15) is 9.59 Å². The Morgan fingerprint density at radius 2 is 1.83 bits per heavy atom. The second-order valence-electron chi connectivity index (χ2n) is 8.09. The number of rotatable bonds is 8. The number of anilines is 1. The summed E-state index contributed by atoms with van der Waals surface area (Å²) in [6.45, 7) is 6.67. The summed E-state index contributed by atoms with van der Waals surface area (Å²) in [6, 6.07) is 13.8. The van der Waals surface area contributed by atoms with Crippen LogP contribution in [0, 0.1) is 12.3 Å². The van der Waals surface area contributed by atoms with Crippen LogP contribution in [-0.2, 0) is 16.0 Å². The molecule has 0 atom stereocenters. The minimum absolute atomic E-state index is 0.183. The van der Waals surface area contributed by atoms with Crippen LogP contribution < -0.4 is 15.4 Å². The standard InChI is InChI=1S/C24H30N2O3/c1-16(2)20-10-5-7-17(3)21(20)26-23(28)24(12-13-24)22(27)25-14-11-18-8-6-9-19(15-18)29-4/h5-10,15-16H,11-14H2,1-4H3,(H,25,27)(H,26,28). The lowest BCUT2D eigenvalue weighted by atomic mass is 9.97. The highest BCUT2D eigenvalue weighted by atomic mass is 16.5. The van der Waals surface area contributed by atoms with Crippen molar-refractivity contribution < 1.29 is 14.3 Å². The molecule has 0 saturated heterocycles. The van der Waals surface area contributed by atoms with Gasteiger partial charge in [-0.2, -0.15) is 0 Å². The summed E-state index contributed by atoms with van der Waals surface area (Å²) in [6.07, 6.45) is 1.87. The van der Waals surface area contributed by atoms with Crippen LogP contribution in [0.25, 0.3) is 0 Å². The summed E-state index contributed by atoms with van der Waals surface area (Å²) in [7, 11) is 1.63. The van der Waals surface area contributed by atoms with Crippen molar-refractivity contribution in [3.05, 3.63) is 59.2 Å². The molecule has 0 aromatic heterocycles. The summed E-state index contributed by atoms with van der Waals surface area (Å²) in [5.74, 6) is 0.702. The average molecular weight is 395 g/mol. The molecule has 0 bridgehead atoms. The van der Waals surface area contributed by atoms with Crippen LogP contribution in [0.1, 0.15) is 49.3 Å². The van der Waals surface area contributed by atoms with Crippen molar-refractivity contribution >= 4 is 17.5 Å². The molecule has 0 radical (unpaired) electrons. The molecule has 29 heavy (non-hydrogen) atoms. The fourth-order valence-electron chi connectivity index (χ4n) is 3.58. The van der Waals surface area contributed by atoms with Crippen LogP contribution in [0.3, 0.4) is 0 Å². The van der Waals surface area contributed by atoms with Crippen molar-refractivity contribution in [3.8, 4) is 5.75 Å². The summed E-state index contributed by atoms with van der Waals surface area (Å²) >= 11 is 0. The average Bonchev–Trinajstić information content (AvgIpc) is 3.51. The van der Waals surface area contributed by atoms with Crippen molar-refractivity contribution in [3.63, 3.8) is 0 Å². The molecule has 5 nitrogen and oxygen atoms in total. The van der Waals surface area contributed by atoms with Gasteiger partial charge in [0.2, 0.25) is 11.8 Å². The first kappa shape index (κ1) is 20.9. The van der Waals surface area contributed by atoms with Gasteiger partial charge in [0, 0.05) is 12.2 Å². The summed E-state index contributed by atoms with van der Waals surface area (Å²) < 4.78 is 5.23. The molecule has 154 valence electrons. The van der Waals surface area contributed by atoms with Gasteiger partial charge in [-0.1, -0.05) is 44.2 Å². The lowest BCUT2D eigenvalue weighted by molar-refractivity contribution is -0.134. The van der Waals surface area contributed by atoms with E-state index in [0.29, 0.717) is 25.8 Å². The molecule has 5 heteroatoms. The van der Waals surface area contributed by atoms with Crippen LogP contribution in [0.15, 0.2) is 42.5 Å². The number of benzene rings is 2. The van der Waals surface area contributed by atoms with E-state index in [0.717, 1.165) is 28.1 Å². The number of aryl methyl sites for hydroxylation is 1. The zero-order chi connectivity index (χ0) is 21.0. The molecule has 1 saturated carbocycles. The second-order valence-corrected chi connectivity index (χ2v) is 8.09. The van der Waals surface area contributed by atoms with Gasteiger partial charge < -0.3 is 15.4 Å². The monoisotopic (exact) mass is 394 g/mol. The van der Waals surface area contributed by atoms with E-state index in [-0.39, 0.29) is 17.7 Å². The number of nitrogens with one attached hydrogen (secondary N) is 2. The predicted octanol–water partition coefficient (Wildman–Crippen LogP) is 4.20. The first-order valence-electron chi connectivity index (χ1n) is 10.2. The van der Waals surface area contributed by atoms with Crippen molar-refractivity contribution in [1.29, 1.82) is 0 Å². The summed E-state index contributed by atoms with van der Waals surface area (Å²) in [5, 5.41) is 6.00. The highest BCUT2D eigenvalue weighted by molar-refractivity contribution is 6.13. The molecule has 2 aromatic rings. The third-order valence-corrected chi connectivity index (χ3v) is 5.62. The lowest BCUT2D eigenvalue weighted by Gasteiger charge is -2.20. The summed E-state index contributed by atoms with van der Waals surface area (Å²) in [4.78, 5) is 25.8. The minimum Gasteiger partial charge on any atom is -0.497 e. The van der Waals surface area contributed by atoms with E-state index in [1.165, 1.54) is 0 Å². The fourth-order valence-corrected chi connectivity index (χ4v) is 3.58. The largest absolute Gasteiger partial charge is 0.497 e. The SMILES string of the molecule is COc1cccc(CCNC(=O)C2(C(=O)Nc3c(C)cccc3C(C)C)CC2)c1. The number of ether oxygens (including phenoxy) is 1.